The molecule has 0 heterocycles. The van der Waals surface area contributed by atoms with Crippen LogP contribution in [0.25, 0.3) is 0 Å². The van der Waals surface area contributed by atoms with Crippen LogP contribution in [0.5, 0.6) is 0 Å². The third kappa shape index (κ3) is 11.1. The minimum Gasteiger partial charge on any atom is -0.494 e. The molecule has 0 saturated heterocycles. The standard InChI is InChI=1S/C13H27FO4Si/c1-4-17-19(3,18-13(2)15)12-8-11-16-10-7-5-6-9-14/h4-12H2,1-3H3. The van der Waals surface area contributed by atoms with Crippen LogP contribution in [0.4, 0.5) is 4.39 Å². The SMILES string of the molecule is CCO[Si](C)(CCCOCCCCCF)OC(C)=O. The lowest BCUT2D eigenvalue weighted by Gasteiger charge is -2.25. The van der Waals surface area contributed by atoms with Gasteiger partial charge in [-0.05, 0) is 39.2 Å². The van der Waals surface area contributed by atoms with E-state index < -0.39 is 8.56 Å². The van der Waals surface area contributed by atoms with Crippen molar-refractivity contribution in [2.45, 2.75) is 52.1 Å². The summed E-state index contributed by atoms with van der Waals surface area (Å²) in [5.74, 6) is -0.283. The topological polar surface area (TPSA) is 44.8 Å². The van der Waals surface area contributed by atoms with Crippen molar-refractivity contribution < 1.29 is 22.8 Å². The molecule has 0 aliphatic heterocycles. The Labute approximate surface area is 116 Å². The number of rotatable bonds is 12. The summed E-state index contributed by atoms with van der Waals surface area (Å²) in [5, 5.41) is 0. The third-order valence-electron chi connectivity index (χ3n) is 2.65. The van der Waals surface area contributed by atoms with Gasteiger partial charge in [-0.25, -0.2) is 0 Å². The number of ether oxygens (including phenoxy) is 1. The molecule has 0 rings (SSSR count). The van der Waals surface area contributed by atoms with Crippen molar-refractivity contribution in [2.75, 3.05) is 26.5 Å². The lowest BCUT2D eigenvalue weighted by Crippen LogP contribution is -2.40. The molecular weight excluding hydrogens is 267 g/mol. The number of carbonyl (C=O) groups is 1. The van der Waals surface area contributed by atoms with E-state index in [1.807, 2.05) is 13.5 Å². The summed E-state index contributed by atoms with van der Waals surface area (Å²) >= 11 is 0. The van der Waals surface area contributed by atoms with Crippen molar-refractivity contribution in [2.24, 2.45) is 0 Å². The molecule has 0 bridgehead atoms. The number of carbonyl (C=O) groups excluding carboxylic acids is 1. The van der Waals surface area contributed by atoms with Crippen molar-refractivity contribution >= 4 is 14.5 Å². The molecule has 0 N–H and O–H groups in total. The third-order valence-corrected chi connectivity index (χ3v) is 5.53. The van der Waals surface area contributed by atoms with Gasteiger partial charge in [0.15, 0.2) is 0 Å². The van der Waals surface area contributed by atoms with Crippen LogP contribution < -0.4 is 0 Å². The van der Waals surface area contributed by atoms with Crippen molar-refractivity contribution in [3.8, 4) is 0 Å². The molecule has 0 aliphatic rings. The van der Waals surface area contributed by atoms with Gasteiger partial charge in [-0.15, -0.1) is 0 Å². The van der Waals surface area contributed by atoms with Crippen molar-refractivity contribution in [1.82, 2.24) is 0 Å². The fourth-order valence-electron chi connectivity index (χ4n) is 1.83. The lowest BCUT2D eigenvalue weighted by atomic mass is 10.2. The van der Waals surface area contributed by atoms with Crippen LogP contribution in [0.2, 0.25) is 12.6 Å². The molecule has 0 aromatic heterocycles. The first-order valence-corrected chi connectivity index (χ1v) is 9.53. The maximum absolute atomic E-state index is 11.8. The number of unbranched alkanes of at least 4 members (excludes halogenated alkanes) is 2. The molecule has 0 radical (unpaired) electrons. The average molecular weight is 294 g/mol. The molecule has 0 fully saturated rings. The Bertz CT molecular complexity index is 241. The maximum atomic E-state index is 11.8. The molecule has 0 amide bonds. The Kier molecular flexibility index (Phi) is 11.1. The highest BCUT2D eigenvalue weighted by Gasteiger charge is 2.33. The van der Waals surface area contributed by atoms with Crippen LogP contribution in [0.1, 0.15) is 39.5 Å². The highest BCUT2D eigenvalue weighted by molar-refractivity contribution is 6.67. The monoisotopic (exact) mass is 294 g/mol. The Morgan fingerprint density at radius 2 is 1.84 bits per heavy atom. The van der Waals surface area contributed by atoms with E-state index in [2.05, 4.69) is 0 Å². The van der Waals surface area contributed by atoms with Crippen LogP contribution in [0.15, 0.2) is 0 Å². The van der Waals surface area contributed by atoms with E-state index in [4.69, 9.17) is 13.6 Å². The summed E-state index contributed by atoms with van der Waals surface area (Å²) in [6.07, 6.45) is 3.20. The van der Waals surface area contributed by atoms with E-state index in [0.29, 0.717) is 26.2 Å². The minimum absolute atomic E-state index is 0.249. The van der Waals surface area contributed by atoms with Crippen molar-refractivity contribution in [3.05, 3.63) is 0 Å². The zero-order valence-electron chi connectivity index (χ0n) is 12.4. The zero-order chi connectivity index (χ0) is 14.6. The van der Waals surface area contributed by atoms with Gasteiger partial charge in [0.05, 0.1) is 6.67 Å². The first-order valence-electron chi connectivity index (χ1n) is 7.01. The second-order valence-electron chi connectivity index (χ2n) is 4.63. The molecule has 0 saturated carbocycles. The van der Waals surface area contributed by atoms with Gasteiger partial charge in [-0.3, -0.25) is 9.18 Å². The quantitative estimate of drug-likeness (QED) is 0.409. The molecule has 0 aromatic rings. The molecule has 1 atom stereocenters. The normalized spacial score (nSPS) is 14.1. The second-order valence-corrected chi connectivity index (χ2v) is 7.89. The summed E-state index contributed by atoms with van der Waals surface area (Å²) in [6.45, 7) is 6.81. The molecule has 6 heteroatoms. The Morgan fingerprint density at radius 3 is 2.42 bits per heavy atom. The van der Waals surface area contributed by atoms with E-state index in [9.17, 15) is 9.18 Å². The van der Waals surface area contributed by atoms with Gasteiger partial charge < -0.3 is 13.6 Å². The van der Waals surface area contributed by atoms with Gasteiger partial charge in [-0.2, -0.15) is 0 Å². The van der Waals surface area contributed by atoms with Crippen LogP contribution >= 0.6 is 0 Å². The van der Waals surface area contributed by atoms with E-state index >= 15 is 0 Å². The number of hydrogen-bond donors (Lipinski definition) is 0. The fraction of sp³-hybridized carbons (Fsp3) is 0.923. The minimum atomic E-state index is -2.37. The highest BCUT2D eigenvalue weighted by Crippen LogP contribution is 2.16. The number of alkyl halides is 1. The van der Waals surface area contributed by atoms with E-state index in [-0.39, 0.29) is 12.6 Å². The summed E-state index contributed by atoms with van der Waals surface area (Å²) in [7, 11) is -2.37. The molecule has 19 heavy (non-hydrogen) atoms. The van der Waals surface area contributed by atoms with Crippen molar-refractivity contribution in [1.29, 1.82) is 0 Å². The number of hydrogen-bond acceptors (Lipinski definition) is 4. The predicted molar refractivity (Wildman–Crippen MR) is 75.1 cm³/mol. The predicted octanol–water partition coefficient (Wildman–Crippen LogP) is 3.20. The first kappa shape index (κ1) is 18.5. The Morgan fingerprint density at radius 1 is 1.16 bits per heavy atom. The van der Waals surface area contributed by atoms with Crippen molar-refractivity contribution in [3.63, 3.8) is 0 Å². The molecule has 0 aromatic carbocycles. The molecule has 114 valence electrons. The van der Waals surface area contributed by atoms with E-state index in [1.165, 1.54) is 6.92 Å². The Balaban J connectivity index is 3.66. The van der Waals surface area contributed by atoms with Crippen LogP contribution in [-0.4, -0.2) is 41.0 Å². The van der Waals surface area contributed by atoms with E-state index in [0.717, 1.165) is 25.3 Å². The molecule has 1 unspecified atom stereocenters. The summed E-state index contributed by atoms with van der Waals surface area (Å²) < 4.78 is 28.2. The van der Waals surface area contributed by atoms with Gasteiger partial charge in [0.2, 0.25) is 0 Å². The van der Waals surface area contributed by atoms with Gasteiger partial charge >= 0.3 is 8.56 Å². The lowest BCUT2D eigenvalue weighted by molar-refractivity contribution is -0.134. The van der Waals surface area contributed by atoms with Crippen LogP contribution in [0.3, 0.4) is 0 Å². The molecule has 0 aliphatic carbocycles. The average Bonchev–Trinajstić information content (AvgIpc) is 2.32. The first-order chi connectivity index (χ1) is 9.04. The molecule has 4 nitrogen and oxygen atoms in total. The summed E-state index contributed by atoms with van der Waals surface area (Å²) in [4.78, 5) is 11.0. The molecular formula is C13H27FO4Si. The maximum Gasteiger partial charge on any atom is 0.398 e. The van der Waals surface area contributed by atoms with E-state index in [1.54, 1.807) is 0 Å². The summed E-state index contributed by atoms with van der Waals surface area (Å²) in [6, 6.07) is 0.741. The largest absolute Gasteiger partial charge is 0.494 e. The van der Waals surface area contributed by atoms with Gasteiger partial charge in [0.1, 0.15) is 0 Å². The smallest absolute Gasteiger partial charge is 0.398 e. The number of halogens is 1. The Hall–Kier alpha value is -0.463. The summed E-state index contributed by atoms with van der Waals surface area (Å²) in [5.41, 5.74) is 0. The second kappa shape index (κ2) is 11.4. The fourth-order valence-corrected chi connectivity index (χ4v) is 4.15. The molecule has 0 spiro atoms. The zero-order valence-corrected chi connectivity index (χ0v) is 13.4. The van der Waals surface area contributed by atoms with Crippen LogP contribution in [-0.2, 0) is 18.4 Å². The van der Waals surface area contributed by atoms with Crippen LogP contribution in [0, 0.1) is 0 Å². The highest BCUT2D eigenvalue weighted by atomic mass is 28.4. The van der Waals surface area contributed by atoms with Gasteiger partial charge in [-0.1, -0.05) is 0 Å². The van der Waals surface area contributed by atoms with Gasteiger partial charge in [0.25, 0.3) is 5.97 Å². The van der Waals surface area contributed by atoms with Gasteiger partial charge in [0, 0.05) is 32.8 Å².